The van der Waals surface area contributed by atoms with Crippen LogP contribution in [0, 0.1) is 23.5 Å². The molecule has 2 unspecified atom stereocenters. The number of hydrogen-bond acceptors (Lipinski definition) is 2. The van der Waals surface area contributed by atoms with E-state index in [9.17, 15) is 8.78 Å². The van der Waals surface area contributed by atoms with Crippen molar-refractivity contribution in [2.24, 2.45) is 11.8 Å². The molecule has 0 bridgehead atoms. The highest BCUT2D eigenvalue weighted by Gasteiger charge is 2.31. The van der Waals surface area contributed by atoms with Crippen LogP contribution in [0.3, 0.4) is 0 Å². The quantitative estimate of drug-likeness (QED) is 0.447. The van der Waals surface area contributed by atoms with Gasteiger partial charge in [0.2, 0.25) is 5.82 Å². The lowest BCUT2D eigenvalue weighted by Crippen LogP contribution is -2.25. The van der Waals surface area contributed by atoms with E-state index in [-0.39, 0.29) is 11.9 Å². The summed E-state index contributed by atoms with van der Waals surface area (Å²) in [5, 5.41) is 0. The molecule has 1 aromatic carbocycles. The van der Waals surface area contributed by atoms with Crippen molar-refractivity contribution in [3.8, 4) is 5.75 Å². The minimum atomic E-state index is -0.837. The Labute approximate surface area is 180 Å². The summed E-state index contributed by atoms with van der Waals surface area (Å²) in [6.45, 7) is 4.89. The lowest BCUT2D eigenvalue weighted by molar-refractivity contribution is 0.0501. The minimum Gasteiger partial charge on any atom is -0.487 e. The molecule has 3 aliphatic rings. The van der Waals surface area contributed by atoms with Gasteiger partial charge in [0.15, 0.2) is 11.6 Å². The Balaban J connectivity index is 1.43. The topological polar surface area (TPSA) is 18.5 Å². The SMILES string of the molecule is CCCC1CCC(C2=CCC(c3cc4c(c(F)c3F)OC(CCC)CC4)OC2)CC1. The highest BCUT2D eigenvalue weighted by Crippen LogP contribution is 2.41. The molecule has 4 rings (SSSR count). The van der Waals surface area contributed by atoms with Crippen LogP contribution in [-0.4, -0.2) is 12.7 Å². The van der Waals surface area contributed by atoms with Crippen LogP contribution in [0.1, 0.15) is 95.3 Å². The molecule has 2 heterocycles. The van der Waals surface area contributed by atoms with Crippen molar-refractivity contribution in [3.05, 3.63) is 40.5 Å². The second-order valence-electron chi connectivity index (χ2n) is 9.47. The standard InChI is InChI=1S/C26H36F2O2/c1-3-5-17-7-9-18(10-8-17)20-12-14-23(29-16-20)22-15-19-11-13-21(6-4-2)30-26(19)25(28)24(22)27/h12,15,17-18,21,23H,3-11,13-14,16H2,1-2H3. The van der Waals surface area contributed by atoms with Gasteiger partial charge in [-0.05, 0) is 80.4 Å². The second kappa shape index (κ2) is 9.80. The fourth-order valence-electron chi connectivity index (χ4n) is 5.61. The largest absolute Gasteiger partial charge is 0.487 e. The van der Waals surface area contributed by atoms with Crippen molar-refractivity contribution in [1.29, 1.82) is 0 Å². The van der Waals surface area contributed by atoms with Crippen LogP contribution in [0.4, 0.5) is 8.78 Å². The maximum atomic E-state index is 14.9. The zero-order valence-electron chi connectivity index (χ0n) is 18.5. The minimum absolute atomic E-state index is 0.00825. The van der Waals surface area contributed by atoms with Crippen molar-refractivity contribution in [1.82, 2.24) is 0 Å². The average Bonchev–Trinajstić information content (AvgIpc) is 2.78. The van der Waals surface area contributed by atoms with E-state index >= 15 is 0 Å². The molecule has 0 saturated heterocycles. The van der Waals surface area contributed by atoms with Crippen LogP contribution >= 0.6 is 0 Å². The van der Waals surface area contributed by atoms with Crippen LogP contribution in [-0.2, 0) is 11.2 Å². The number of fused-ring (bicyclic) bond motifs is 1. The zero-order valence-corrected chi connectivity index (χ0v) is 18.5. The molecule has 166 valence electrons. The number of halogens is 2. The van der Waals surface area contributed by atoms with Gasteiger partial charge in [-0.1, -0.05) is 39.2 Å². The average molecular weight is 419 g/mol. The van der Waals surface area contributed by atoms with E-state index in [1.807, 2.05) is 0 Å². The van der Waals surface area contributed by atoms with E-state index in [0.29, 0.717) is 24.5 Å². The first-order valence-corrected chi connectivity index (χ1v) is 12.1. The number of aryl methyl sites for hydroxylation is 1. The third kappa shape index (κ3) is 4.59. The maximum Gasteiger partial charge on any atom is 0.201 e. The molecular formula is C26H36F2O2. The van der Waals surface area contributed by atoms with Gasteiger partial charge in [0, 0.05) is 5.56 Å². The number of hydrogen-bond donors (Lipinski definition) is 0. The Morgan fingerprint density at radius 3 is 2.40 bits per heavy atom. The smallest absolute Gasteiger partial charge is 0.201 e. The van der Waals surface area contributed by atoms with E-state index in [0.717, 1.165) is 37.2 Å². The van der Waals surface area contributed by atoms with Crippen molar-refractivity contribution in [2.75, 3.05) is 6.61 Å². The molecule has 2 aliphatic heterocycles. The number of rotatable bonds is 6. The highest BCUT2D eigenvalue weighted by atomic mass is 19.2. The molecule has 0 aromatic heterocycles. The molecule has 4 heteroatoms. The third-order valence-corrected chi connectivity index (χ3v) is 7.36. The van der Waals surface area contributed by atoms with E-state index in [1.165, 1.54) is 44.1 Å². The molecule has 0 spiro atoms. The first-order chi connectivity index (χ1) is 14.6. The molecule has 2 atom stereocenters. The van der Waals surface area contributed by atoms with Gasteiger partial charge in [-0.3, -0.25) is 0 Å². The summed E-state index contributed by atoms with van der Waals surface area (Å²) in [7, 11) is 0. The Morgan fingerprint density at radius 1 is 0.967 bits per heavy atom. The van der Waals surface area contributed by atoms with Gasteiger partial charge >= 0.3 is 0 Å². The van der Waals surface area contributed by atoms with Crippen LogP contribution < -0.4 is 4.74 Å². The van der Waals surface area contributed by atoms with E-state index < -0.39 is 17.7 Å². The van der Waals surface area contributed by atoms with Crippen molar-refractivity contribution >= 4 is 0 Å². The Kier molecular flexibility index (Phi) is 7.12. The molecule has 0 N–H and O–H groups in total. The molecule has 1 saturated carbocycles. The number of benzene rings is 1. The van der Waals surface area contributed by atoms with Crippen molar-refractivity contribution in [3.63, 3.8) is 0 Å². The normalized spacial score (nSPS) is 29.1. The van der Waals surface area contributed by atoms with Gasteiger partial charge in [-0.25, -0.2) is 4.39 Å². The monoisotopic (exact) mass is 418 g/mol. The summed E-state index contributed by atoms with van der Waals surface area (Å²) in [6, 6.07) is 1.79. The molecule has 30 heavy (non-hydrogen) atoms. The van der Waals surface area contributed by atoms with Crippen LogP contribution in [0.2, 0.25) is 0 Å². The van der Waals surface area contributed by atoms with E-state index in [1.54, 1.807) is 6.07 Å². The lowest BCUT2D eigenvalue weighted by atomic mass is 9.76. The van der Waals surface area contributed by atoms with Crippen LogP contribution in [0.15, 0.2) is 17.7 Å². The third-order valence-electron chi connectivity index (χ3n) is 7.36. The van der Waals surface area contributed by atoms with Crippen LogP contribution in [0.25, 0.3) is 0 Å². The lowest BCUT2D eigenvalue weighted by Gasteiger charge is -2.33. The second-order valence-corrected chi connectivity index (χ2v) is 9.47. The molecule has 1 fully saturated rings. The van der Waals surface area contributed by atoms with E-state index in [4.69, 9.17) is 9.47 Å². The van der Waals surface area contributed by atoms with Gasteiger partial charge in [0.05, 0.1) is 18.8 Å². The van der Waals surface area contributed by atoms with Crippen molar-refractivity contribution < 1.29 is 18.3 Å². The summed E-state index contributed by atoms with van der Waals surface area (Å²) < 4.78 is 41.6. The Bertz CT molecular complexity index is 765. The first-order valence-electron chi connectivity index (χ1n) is 12.1. The Morgan fingerprint density at radius 2 is 1.73 bits per heavy atom. The first kappa shape index (κ1) is 21.8. The summed E-state index contributed by atoms with van der Waals surface area (Å²) >= 11 is 0. The predicted molar refractivity (Wildman–Crippen MR) is 116 cm³/mol. The number of ether oxygens (including phenoxy) is 2. The predicted octanol–water partition coefficient (Wildman–Crippen LogP) is 7.45. The van der Waals surface area contributed by atoms with Gasteiger partial charge in [-0.2, -0.15) is 4.39 Å². The summed E-state index contributed by atoms with van der Waals surface area (Å²) in [6.07, 6.45) is 13.6. The maximum absolute atomic E-state index is 14.9. The van der Waals surface area contributed by atoms with Crippen molar-refractivity contribution in [2.45, 2.75) is 96.7 Å². The van der Waals surface area contributed by atoms with E-state index in [2.05, 4.69) is 19.9 Å². The fraction of sp³-hybridized carbons (Fsp3) is 0.692. The Hall–Kier alpha value is -1.42. The fourth-order valence-corrected chi connectivity index (χ4v) is 5.61. The van der Waals surface area contributed by atoms with Crippen LogP contribution in [0.5, 0.6) is 5.75 Å². The van der Waals surface area contributed by atoms with Gasteiger partial charge in [-0.15, -0.1) is 0 Å². The molecule has 1 aliphatic carbocycles. The zero-order chi connectivity index (χ0) is 21.1. The summed E-state index contributed by atoms with van der Waals surface area (Å²) in [5.41, 5.74) is 2.50. The highest BCUT2D eigenvalue weighted by molar-refractivity contribution is 5.42. The van der Waals surface area contributed by atoms with Gasteiger partial charge < -0.3 is 9.47 Å². The van der Waals surface area contributed by atoms with Gasteiger partial charge in [0.25, 0.3) is 0 Å². The summed E-state index contributed by atoms with van der Waals surface area (Å²) in [4.78, 5) is 0. The molecular weight excluding hydrogens is 382 g/mol. The molecule has 2 nitrogen and oxygen atoms in total. The molecule has 1 aromatic rings. The molecule has 0 radical (unpaired) electrons. The summed E-state index contributed by atoms with van der Waals surface area (Å²) in [5.74, 6) is -0.0236. The van der Waals surface area contributed by atoms with Gasteiger partial charge in [0.1, 0.15) is 0 Å². The molecule has 0 amide bonds.